The Morgan fingerprint density at radius 3 is 2.63 bits per heavy atom. The van der Waals surface area contributed by atoms with E-state index in [9.17, 15) is 0 Å². The average Bonchev–Trinajstić information content (AvgIpc) is 2.33. The fraction of sp³-hybridized carbons (Fsp3) is 0.923. The van der Waals surface area contributed by atoms with Gasteiger partial charge < -0.3 is 15.4 Å². The summed E-state index contributed by atoms with van der Waals surface area (Å²) in [5.41, 5.74) is 0. The van der Waals surface area contributed by atoms with Crippen LogP contribution in [0.15, 0.2) is 4.99 Å². The zero-order valence-corrected chi connectivity index (χ0v) is 15.8. The van der Waals surface area contributed by atoms with Gasteiger partial charge in [-0.05, 0) is 25.5 Å². The van der Waals surface area contributed by atoms with Crippen LogP contribution in [0.25, 0.3) is 0 Å². The molecule has 0 rings (SSSR count). The lowest BCUT2D eigenvalue weighted by molar-refractivity contribution is 0.109. The molecule has 0 aliphatic heterocycles. The lowest BCUT2D eigenvalue weighted by Crippen LogP contribution is -2.38. The summed E-state index contributed by atoms with van der Waals surface area (Å²) in [6, 6.07) is 0. The summed E-state index contributed by atoms with van der Waals surface area (Å²) in [5.74, 6) is 2.62. The number of hydrogen-bond acceptors (Lipinski definition) is 3. The van der Waals surface area contributed by atoms with Crippen molar-refractivity contribution in [1.29, 1.82) is 0 Å². The second kappa shape index (κ2) is 16.4. The lowest BCUT2D eigenvalue weighted by atomic mass is 10.2. The van der Waals surface area contributed by atoms with E-state index in [1.165, 1.54) is 0 Å². The molecule has 4 nitrogen and oxygen atoms in total. The van der Waals surface area contributed by atoms with E-state index in [1.807, 2.05) is 11.8 Å². The van der Waals surface area contributed by atoms with Gasteiger partial charge in [-0.1, -0.05) is 13.8 Å². The molecule has 0 saturated heterocycles. The molecule has 0 aromatic carbocycles. The minimum absolute atomic E-state index is 0. The molecule has 0 spiro atoms. The number of hydrogen-bond donors (Lipinski definition) is 2. The molecule has 0 bridgehead atoms. The van der Waals surface area contributed by atoms with Crippen LogP contribution in [0.3, 0.4) is 0 Å². The van der Waals surface area contributed by atoms with Gasteiger partial charge in [0.25, 0.3) is 0 Å². The van der Waals surface area contributed by atoms with Crippen molar-refractivity contribution in [3.63, 3.8) is 0 Å². The molecular weight excluding hydrogens is 373 g/mol. The van der Waals surface area contributed by atoms with Gasteiger partial charge in [0.05, 0.1) is 0 Å². The minimum Gasteiger partial charge on any atom is -0.381 e. The van der Waals surface area contributed by atoms with Gasteiger partial charge in [0.2, 0.25) is 0 Å². The summed E-state index contributed by atoms with van der Waals surface area (Å²) in [7, 11) is 0. The zero-order valence-electron chi connectivity index (χ0n) is 12.7. The smallest absolute Gasteiger partial charge is 0.191 e. The Labute approximate surface area is 139 Å². The average molecular weight is 403 g/mol. The summed E-state index contributed by atoms with van der Waals surface area (Å²) in [4.78, 5) is 4.51. The number of guanidine groups is 1. The summed E-state index contributed by atoms with van der Waals surface area (Å²) in [6.07, 6.45) is 3.09. The highest BCUT2D eigenvalue weighted by molar-refractivity contribution is 14.0. The maximum atomic E-state index is 5.52. The van der Waals surface area contributed by atoms with Crippen LogP contribution < -0.4 is 10.6 Å². The molecule has 0 saturated carbocycles. The first kappa shape index (κ1) is 21.6. The van der Waals surface area contributed by atoms with Gasteiger partial charge in [0.1, 0.15) is 0 Å². The number of nitrogens with zero attached hydrogens (tertiary/aromatic N) is 1. The Balaban J connectivity index is 0. The molecule has 0 aliphatic rings. The van der Waals surface area contributed by atoms with E-state index in [-0.39, 0.29) is 24.0 Å². The van der Waals surface area contributed by atoms with Crippen molar-refractivity contribution in [2.75, 3.05) is 44.9 Å². The maximum absolute atomic E-state index is 5.52. The Morgan fingerprint density at radius 2 is 2.05 bits per heavy atom. The third-order valence-corrected chi connectivity index (χ3v) is 2.72. The molecule has 0 aliphatic carbocycles. The third-order valence-electron chi connectivity index (χ3n) is 2.11. The van der Waals surface area contributed by atoms with Gasteiger partial charge in [-0.2, -0.15) is 11.8 Å². The summed E-state index contributed by atoms with van der Waals surface area (Å²) >= 11 is 1.83. The Morgan fingerprint density at radius 1 is 1.32 bits per heavy atom. The van der Waals surface area contributed by atoms with Crippen LogP contribution in [0.1, 0.15) is 27.2 Å². The van der Waals surface area contributed by atoms with Gasteiger partial charge in [-0.3, -0.25) is 4.99 Å². The predicted molar refractivity (Wildman–Crippen MR) is 98.1 cm³/mol. The minimum atomic E-state index is 0. The van der Waals surface area contributed by atoms with E-state index in [0.29, 0.717) is 5.92 Å². The van der Waals surface area contributed by atoms with E-state index < -0.39 is 0 Å². The molecule has 0 atom stereocenters. The number of halogens is 1. The van der Waals surface area contributed by atoms with Crippen LogP contribution in [-0.4, -0.2) is 50.8 Å². The van der Waals surface area contributed by atoms with Crippen molar-refractivity contribution >= 4 is 41.7 Å². The molecule has 6 heteroatoms. The fourth-order valence-corrected chi connectivity index (χ4v) is 1.60. The van der Waals surface area contributed by atoms with E-state index in [1.54, 1.807) is 0 Å². The topological polar surface area (TPSA) is 45.7 Å². The first-order valence-electron chi connectivity index (χ1n) is 6.79. The first-order chi connectivity index (χ1) is 8.70. The van der Waals surface area contributed by atoms with Gasteiger partial charge >= 0.3 is 0 Å². The molecule has 19 heavy (non-hydrogen) atoms. The number of aliphatic imine (C=N–C) groups is 1. The van der Waals surface area contributed by atoms with Crippen LogP contribution >= 0.6 is 35.7 Å². The summed E-state index contributed by atoms with van der Waals surface area (Å²) < 4.78 is 5.52. The number of thioether (sulfide) groups is 1. The molecule has 0 unspecified atom stereocenters. The van der Waals surface area contributed by atoms with Gasteiger partial charge in [0, 0.05) is 38.6 Å². The second-order valence-corrected chi connectivity index (χ2v) is 5.49. The Bertz CT molecular complexity index is 216. The lowest BCUT2D eigenvalue weighted by Gasteiger charge is -2.10. The van der Waals surface area contributed by atoms with Gasteiger partial charge in [-0.25, -0.2) is 0 Å². The molecule has 0 heterocycles. The molecule has 0 aromatic heterocycles. The Kier molecular flexibility index (Phi) is 18.6. The number of rotatable bonds is 10. The quantitative estimate of drug-likeness (QED) is 0.255. The highest BCUT2D eigenvalue weighted by Gasteiger charge is 1.96. The first-order valence-corrected chi connectivity index (χ1v) is 8.19. The predicted octanol–water partition coefficient (Wildman–Crippen LogP) is 2.59. The van der Waals surface area contributed by atoms with E-state index in [4.69, 9.17) is 4.74 Å². The highest BCUT2D eigenvalue weighted by atomic mass is 127. The second-order valence-electron chi connectivity index (χ2n) is 4.50. The van der Waals surface area contributed by atoms with Crippen LogP contribution in [-0.2, 0) is 4.74 Å². The highest BCUT2D eigenvalue weighted by Crippen LogP contribution is 1.93. The molecular formula is C13H30IN3OS. The van der Waals surface area contributed by atoms with E-state index in [2.05, 4.69) is 42.7 Å². The largest absolute Gasteiger partial charge is 0.381 e. The monoisotopic (exact) mass is 403 g/mol. The van der Waals surface area contributed by atoms with E-state index >= 15 is 0 Å². The number of ether oxygens (including phenoxy) is 1. The standard InChI is InChI=1S/C13H29N3OS.HI/c1-5-14-13(16-8-10-18-4)15-7-6-9-17-11-12(2)3;/h12H,5-11H2,1-4H3,(H2,14,15,16);1H. The molecule has 0 fully saturated rings. The summed E-state index contributed by atoms with van der Waals surface area (Å²) in [5, 5.41) is 6.55. The fourth-order valence-electron chi connectivity index (χ4n) is 1.29. The van der Waals surface area contributed by atoms with Crippen LogP contribution in [0.2, 0.25) is 0 Å². The molecule has 2 N–H and O–H groups in total. The van der Waals surface area contributed by atoms with Crippen molar-refractivity contribution in [2.45, 2.75) is 27.2 Å². The normalized spacial score (nSPS) is 11.3. The van der Waals surface area contributed by atoms with Crippen molar-refractivity contribution in [3.05, 3.63) is 0 Å². The summed E-state index contributed by atoms with van der Waals surface area (Å²) in [6.45, 7) is 10.7. The number of nitrogens with one attached hydrogen (secondary N) is 2. The SMILES string of the molecule is CCNC(=NCCCOCC(C)C)NCCSC.I. The third kappa shape index (κ3) is 16.3. The molecule has 0 amide bonds. The van der Waals surface area contributed by atoms with Crippen LogP contribution in [0.5, 0.6) is 0 Å². The molecule has 116 valence electrons. The van der Waals surface area contributed by atoms with Gasteiger partial charge in [-0.15, -0.1) is 24.0 Å². The van der Waals surface area contributed by atoms with Crippen LogP contribution in [0.4, 0.5) is 0 Å². The van der Waals surface area contributed by atoms with Crippen molar-refractivity contribution in [1.82, 2.24) is 10.6 Å². The maximum Gasteiger partial charge on any atom is 0.191 e. The molecule has 0 aromatic rings. The van der Waals surface area contributed by atoms with Crippen molar-refractivity contribution in [2.24, 2.45) is 10.9 Å². The molecule has 0 radical (unpaired) electrons. The zero-order chi connectivity index (χ0) is 13.6. The van der Waals surface area contributed by atoms with Gasteiger partial charge in [0.15, 0.2) is 5.96 Å². The van der Waals surface area contributed by atoms with E-state index in [0.717, 1.165) is 51.0 Å². The van der Waals surface area contributed by atoms with Crippen molar-refractivity contribution < 1.29 is 4.74 Å². The van der Waals surface area contributed by atoms with Crippen LogP contribution in [0, 0.1) is 5.92 Å². The Hall–Kier alpha value is 0.310. The van der Waals surface area contributed by atoms with Crippen molar-refractivity contribution in [3.8, 4) is 0 Å².